The van der Waals surface area contributed by atoms with E-state index in [1.165, 1.54) is 28.0 Å². The quantitative estimate of drug-likeness (QED) is 0.0447. The molecule has 0 spiro atoms. The molecule has 3 aromatic carbocycles. The fourth-order valence-corrected chi connectivity index (χ4v) is 10.1. The first-order valence-electron chi connectivity index (χ1n) is 25.2. The summed E-state index contributed by atoms with van der Waals surface area (Å²) in [5, 5.41) is 33.4. The number of thiazole rings is 1. The number of benzene rings is 3. The average molecular weight is 1090 g/mol. The molecule has 0 radical (unpaired) electrons. The molecule has 4 amide bonds. The lowest BCUT2D eigenvalue weighted by Gasteiger charge is -2.35. The molecule has 2 aromatic heterocycles. The number of likely N-dealkylation sites (tertiary alicyclic amines) is 1. The fraction of sp³-hybridized carbons (Fsp3) is 0.491. The normalized spacial score (nSPS) is 16.7. The number of β-amino-alcohol motifs (C(OH)–C–C–N with tert-alkyl or cyclic N) is 1. The number of aryl methyl sites for hydroxylation is 1. The molecule has 4 atom stereocenters. The Hall–Kier alpha value is -6.14. The number of amides is 4. The number of aromatic hydroxyl groups is 1. The first-order chi connectivity index (χ1) is 36.3. The molecule has 2 aliphatic rings. The number of nitrogens with zero attached hydrogens (tertiary/aromatic N) is 6. The molecule has 2 unspecified atom stereocenters. The van der Waals surface area contributed by atoms with Crippen LogP contribution in [-0.2, 0) is 33.4 Å². The maximum atomic E-state index is 16.4. The van der Waals surface area contributed by atoms with Crippen LogP contribution in [0.15, 0.2) is 54.0 Å². The molecule has 0 saturated carbocycles. The Bertz CT molecular complexity index is 2810. The van der Waals surface area contributed by atoms with E-state index in [2.05, 4.69) is 36.2 Å². The van der Waals surface area contributed by atoms with Gasteiger partial charge in [0.2, 0.25) is 29.6 Å². The van der Waals surface area contributed by atoms with E-state index in [0.29, 0.717) is 43.9 Å². The van der Waals surface area contributed by atoms with E-state index < -0.39 is 58.7 Å². The van der Waals surface area contributed by atoms with Gasteiger partial charge in [0.1, 0.15) is 41.6 Å². The summed E-state index contributed by atoms with van der Waals surface area (Å²) in [6.07, 6.45) is -0.792. The van der Waals surface area contributed by atoms with Crippen LogP contribution < -0.4 is 26.2 Å². The minimum atomic E-state index is -1.01. The van der Waals surface area contributed by atoms with E-state index in [1.807, 2.05) is 43.0 Å². The zero-order valence-electron chi connectivity index (χ0n) is 43.6. The Labute approximate surface area is 449 Å². The van der Waals surface area contributed by atoms with Gasteiger partial charge in [-0.15, -0.1) is 11.3 Å². The Morgan fingerprint density at radius 1 is 0.974 bits per heavy atom. The standard InChI is InChI=1S/C53H67ClF2N10O9S/c1-31(33-10-12-34(13-11-33)47-32(2)59-30-76-47)60-50(71)39-26-35(67)28-66(39)51(72)48(53(3,4)5)61-41(69)29-75-25-24-74-23-22-73-21-20-64(6)42(70)14-15-58-52-62-46-36(49(63-52)65-18-16-57-17-19-65)27-37(54)43(45(46)56)44-38(55)8-7-9-40(44)68/h7-13,27,30-31,35,39,48,57,67-68H,14-26,28-29H2,1-6H3,(H,60,71)(H,61,69)(H,58,62,63)/t31-,35?,39?,48+/m0/s1. The van der Waals surface area contributed by atoms with Gasteiger partial charge in [-0.1, -0.05) is 62.7 Å². The van der Waals surface area contributed by atoms with E-state index in [4.69, 9.17) is 25.8 Å². The number of nitrogens with one attached hydrogen (secondary N) is 4. The van der Waals surface area contributed by atoms with Crippen molar-refractivity contribution in [1.29, 1.82) is 0 Å². The molecular formula is C53H67ClF2N10O9S. The van der Waals surface area contributed by atoms with Gasteiger partial charge in [-0.25, -0.2) is 18.7 Å². The first-order valence-corrected chi connectivity index (χ1v) is 26.5. The number of halogens is 3. The van der Waals surface area contributed by atoms with Crippen LogP contribution in [0.1, 0.15) is 57.8 Å². The zero-order chi connectivity index (χ0) is 54.7. The number of rotatable bonds is 23. The number of carbonyl (C=O) groups excluding carboxylic acids is 4. The molecule has 19 nitrogen and oxygen atoms in total. The average Bonchev–Trinajstić information content (AvgIpc) is 4.04. The van der Waals surface area contributed by atoms with Crippen molar-refractivity contribution in [1.82, 2.24) is 40.7 Å². The van der Waals surface area contributed by atoms with Crippen LogP contribution >= 0.6 is 22.9 Å². The summed E-state index contributed by atoms with van der Waals surface area (Å²) in [4.78, 5) is 73.1. The molecule has 76 heavy (non-hydrogen) atoms. The van der Waals surface area contributed by atoms with Crippen molar-refractivity contribution in [2.75, 3.05) is 103 Å². The Morgan fingerprint density at radius 3 is 2.34 bits per heavy atom. The highest BCUT2D eigenvalue weighted by Gasteiger charge is 2.45. The van der Waals surface area contributed by atoms with Crippen molar-refractivity contribution < 1.29 is 52.4 Å². The van der Waals surface area contributed by atoms with Crippen LogP contribution in [0.3, 0.4) is 0 Å². The largest absolute Gasteiger partial charge is 0.507 e. The van der Waals surface area contributed by atoms with Crippen LogP contribution in [0.2, 0.25) is 5.02 Å². The van der Waals surface area contributed by atoms with Crippen LogP contribution in [0.25, 0.3) is 32.5 Å². The summed E-state index contributed by atoms with van der Waals surface area (Å²) >= 11 is 8.10. The monoisotopic (exact) mass is 1090 g/mol. The first kappa shape index (κ1) is 57.6. The predicted molar refractivity (Wildman–Crippen MR) is 286 cm³/mol. The van der Waals surface area contributed by atoms with Crippen molar-refractivity contribution >= 4 is 69.2 Å². The number of likely N-dealkylation sites (N-methyl/N-ethyl adjacent to an activating group) is 1. The van der Waals surface area contributed by atoms with Crippen molar-refractivity contribution in [3.05, 3.63) is 82.0 Å². The summed E-state index contributed by atoms with van der Waals surface area (Å²) in [6.45, 7) is 12.7. The lowest BCUT2D eigenvalue weighted by atomic mass is 9.85. The van der Waals surface area contributed by atoms with Gasteiger partial charge in [-0.3, -0.25) is 19.2 Å². The third-order valence-electron chi connectivity index (χ3n) is 13.2. The van der Waals surface area contributed by atoms with Gasteiger partial charge in [-0.05, 0) is 48.6 Å². The molecule has 4 heterocycles. The molecule has 6 N–H and O–H groups in total. The molecule has 2 aliphatic heterocycles. The summed E-state index contributed by atoms with van der Waals surface area (Å²) in [5.41, 5.74) is 3.08. The predicted octanol–water partition coefficient (Wildman–Crippen LogP) is 5.46. The van der Waals surface area contributed by atoms with Crippen LogP contribution in [0, 0.1) is 24.0 Å². The van der Waals surface area contributed by atoms with Gasteiger partial charge in [0.25, 0.3) is 0 Å². The Balaban J connectivity index is 0.796. The molecular weight excluding hydrogens is 1030 g/mol. The summed E-state index contributed by atoms with van der Waals surface area (Å²) in [7, 11) is 1.64. The maximum absolute atomic E-state index is 16.4. The van der Waals surface area contributed by atoms with E-state index in [1.54, 1.807) is 44.7 Å². The van der Waals surface area contributed by atoms with Gasteiger partial charge in [0.15, 0.2) is 5.82 Å². The highest BCUT2D eigenvalue weighted by molar-refractivity contribution is 7.13. The number of phenolic OH excluding ortho intramolecular Hbond substituents is 1. The molecule has 2 saturated heterocycles. The third-order valence-corrected chi connectivity index (χ3v) is 14.5. The second-order valence-electron chi connectivity index (χ2n) is 19.8. The molecule has 23 heteroatoms. The summed E-state index contributed by atoms with van der Waals surface area (Å²) < 4.78 is 48.1. The lowest BCUT2D eigenvalue weighted by Crippen LogP contribution is -2.58. The lowest BCUT2D eigenvalue weighted by molar-refractivity contribution is -0.144. The maximum Gasteiger partial charge on any atom is 0.246 e. The van der Waals surface area contributed by atoms with Gasteiger partial charge in [0.05, 0.1) is 71.8 Å². The number of hydrogen-bond donors (Lipinski definition) is 6. The van der Waals surface area contributed by atoms with Gasteiger partial charge < -0.3 is 60.4 Å². The molecule has 7 rings (SSSR count). The second kappa shape index (κ2) is 26.3. The minimum Gasteiger partial charge on any atom is -0.507 e. The number of phenols is 1. The van der Waals surface area contributed by atoms with E-state index in [9.17, 15) is 33.8 Å². The van der Waals surface area contributed by atoms with Crippen molar-refractivity contribution in [3.8, 4) is 27.3 Å². The Kier molecular flexibility index (Phi) is 19.9. The highest BCUT2D eigenvalue weighted by atomic mass is 35.5. The van der Waals surface area contributed by atoms with Crippen molar-refractivity contribution in [2.45, 2.75) is 71.7 Å². The van der Waals surface area contributed by atoms with E-state index in [-0.39, 0.29) is 105 Å². The van der Waals surface area contributed by atoms with Crippen LogP contribution in [0.4, 0.5) is 20.5 Å². The number of aliphatic hydroxyl groups is 1. The minimum absolute atomic E-state index is 0.0520. The van der Waals surface area contributed by atoms with Crippen LogP contribution in [-0.4, -0.2) is 169 Å². The number of fused-ring (bicyclic) bond motifs is 1. The van der Waals surface area contributed by atoms with Gasteiger partial charge >= 0.3 is 0 Å². The number of anilines is 2. The number of piperazine rings is 1. The smallest absolute Gasteiger partial charge is 0.246 e. The molecule has 2 fully saturated rings. The molecule has 5 aromatic rings. The van der Waals surface area contributed by atoms with Crippen molar-refractivity contribution in [2.24, 2.45) is 5.41 Å². The number of aromatic nitrogens is 3. The topological polar surface area (TPSA) is 233 Å². The number of aliphatic hydroxyl groups excluding tert-OH is 1. The summed E-state index contributed by atoms with van der Waals surface area (Å²) in [5.74, 6) is -3.38. The summed E-state index contributed by atoms with van der Waals surface area (Å²) in [6, 6.07) is 10.7. The number of hydrogen-bond acceptors (Lipinski definition) is 16. The third kappa shape index (κ3) is 14.5. The zero-order valence-corrected chi connectivity index (χ0v) is 45.2. The number of ether oxygens (including phenoxy) is 3. The van der Waals surface area contributed by atoms with Crippen molar-refractivity contribution in [3.63, 3.8) is 0 Å². The highest BCUT2D eigenvalue weighted by Crippen LogP contribution is 2.42. The molecule has 0 aliphatic carbocycles. The molecule has 410 valence electrons. The fourth-order valence-electron chi connectivity index (χ4n) is 8.99. The molecule has 0 bridgehead atoms. The van der Waals surface area contributed by atoms with E-state index in [0.717, 1.165) is 27.8 Å². The SMILES string of the molecule is Cc1ncsc1-c1ccc([C@H](C)NC(=O)C2CC(O)CN2C(=O)[C@@H](NC(=O)COCCOCCOCCN(C)C(=O)CCNc2nc(N3CCNCC3)c3cc(Cl)c(-c4c(O)cccc4F)c(F)c3n2)C(C)(C)C)cc1. The van der Waals surface area contributed by atoms with E-state index >= 15 is 4.39 Å². The number of carbonyl (C=O) groups is 4. The second-order valence-corrected chi connectivity index (χ2v) is 21.1. The Morgan fingerprint density at radius 2 is 1.67 bits per heavy atom. The van der Waals surface area contributed by atoms with Crippen LogP contribution in [0.5, 0.6) is 5.75 Å². The van der Waals surface area contributed by atoms with Gasteiger partial charge in [0, 0.05) is 76.7 Å². The van der Waals surface area contributed by atoms with Gasteiger partial charge in [-0.2, -0.15) is 4.98 Å².